The zero-order valence-corrected chi connectivity index (χ0v) is 13.1. The van der Waals surface area contributed by atoms with Crippen LogP contribution in [0.3, 0.4) is 0 Å². The molecule has 0 unspecified atom stereocenters. The second kappa shape index (κ2) is 10.1. The molecule has 0 fully saturated rings. The minimum Gasteiger partial charge on any atom is -0.481 e. The van der Waals surface area contributed by atoms with Crippen LogP contribution in [-0.2, 0) is 9.59 Å². The lowest BCUT2D eigenvalue weighted by Crippen LogP contribution is -2.15. The van der Waals surface area contributed by atoms with Crippen molar-refractivity contribution in [2.45, 2.75) is 51.6 Å². The van der Waals surface area contributed by atoms with Crippen LogP contribution in [0.4, 0.5) is 0 Å². The molecule has 0 bridgehead atoms. The predicted molar refractivity (Wildman–Crippen MR) is 86.4 cm³/mol. The molecule has 22 heavy (non-hydrogen) atoms. The average Bonchev–Trinajstić information content (AvgIpc) is 2.82. The third kappa shape index (κ3) is 6.85. The summed E-state index contributed by atoms with van der Waals surface area (Å²) >= 11 is 0. The van der Waals surface area contributed by atoms with Crippen molar-refractivity contribution in [1.82, 2.24) is 0 Å². The van der Waals surface area contributed by atoms with E-state index in [1.165, 1.54) is 0 Å². The molecule has 4 heteroatoms. The Labute approximate surface area is 132 Å². The van der Waals surface area contributed by atoms with E-state index in [0.717, 1.165) is 12.8 Å². The lowest BCUT2D eigenvalue weighted by Gasteiger charge is -2.15. The smallest absolute Gasteiger partial charge is 0.303 e. The number of carbonyl (C=O) groups is 2. The van der Waals surface area contributed by atoms with Gasteiger partial charge in [-0.05, 0) is 31.8 Å². The predicted octanol–water partition coefficient (Wildman–Crippen LogP) is 3.28. The molecule has 0 aliphatic heterocycles. The van der Waals surface area contributed by atoms with Crippen molar-refractivity contribution >= 4 is 11.8 Å². The van der Waals surface area contributed by atoms with Gasteiger partial charge in [0.25, 0.3) is 0 Å². The molecule has 3 atom stereocenters. The van der Waals surface area contributed by atoms with E-state index in [-0.39, 0.29) is 24.0 Å². The molecule has 1 rings (SSSR count). The Bertz CT molecular complexity index is 448. The number of ketones is 1. The zero-order chi connectivity index (χ0) is 16.4. The van der Waals surface area contributed by atoms with Crippen LogP contribution >= 0.6 is 0 Å². The Kier molecular flexibility index (Phi) is 8.44. The number of carbonyl (C=O) groups excluding carboxylic acids is 1. The lowest BCUT2D eigenvalue weighted by molar-refractivity contribution is -0.137. The molecule has 0 heterocycles. The van der Waals surface area contributed by atoms with Gasteiger partial charge in [0.1, 0.15) is 0 Å². The number of hydrogen-bond donors (Lipinski definition) is 2. The fourth-order valence-electron chi connectivity index (χ4n) is 2.56. The van der Waals surface area contributed by atoms with E-state index in [1.807, 2.05) is 31.2 Å². The molecule has 1 aliphatic rings. The highest BCUT2D eigenvalue weighted by atomic mass is 16.4. The molecule has 0 aromatic rings. The number of rotatable bonds is 10. The van der Waals surface area contributed by atoms with Crippen molar-refractivity contribution in [2.75, 3.05) is 0 Å². The molecule has 4 nitrogen and oxygen atoms in total. The lowest BCUT2D eigenvalue weighted by atomic mass is 9.89. The monoisotopic (exact) mass is 306 g/mol. The van der Waals surface area contributed by atoms with Gasteiger partial charge in [0.2, 0.25) is 0 Å². The number of unbranched alkanes of at least 4 members (excludes halogenated alkanes) is 1. The first kappa shape index (κ1) is 18.4. The van der Waals surface area contributed by atoms with Crippen LogP contribution in [0.1, 0.15) is 45.4 Å². The van der Waals surface area contributed by atoms with Crippen molar-refractivity contribution < 1.29 is 19.8 Å². The first-order chi connectivity index (χ1) is 10.5. The molecular formula is C18H26O4. The molecule has 0 spiro atoms. The maximum Gasteiger partial charge on any atom is 0.303 e. The third-order valence-electron chi connectivity index (χ3n) is 3.80. The molecular weight excluding hydrogens is 280 g/mol. The summed E-state index contributed by atoms with van der Waals surface area (Å²) in [4.78, 5) is 22.3. The van der Waals surface area contributed by atoms with Crippen molar-refractivity contribution in [1.29, 1.82) is 0 Å². The quantitative estimate of drug-likeness (QED) is 0.480. The largest absolute Gasteiger partial charge is 0.481 e. The van der Waals surface area contributed by atoms with Crippen LogP contribution in [0.5, 0.6) is 0 Å². The van der Waals surface area contributed by atoms with E-state index >= 15 is 0 Å². The van der Waals surface area contributed by atoms with E-state index in [4.69, 9.17) is 5.11 Å². The van der Waals surface area contributed by atoms with Crippen molar-refractivity contribution in [2.24, 2.45) is 11.8 Å². The third-order valence-corrected chi connectivity index (χ3v) is 3.80. The SMILES string of the molecule is CC/C=C\C[C@H](O)/C=C/[C@H]1C=CC(=O)[C@H]1CCCCC(=O)O. The fourth-order valence-corrected chi connectivity index (χ4v) is 2.56. The topological polar surface area (TPSA) is 74.6 Å². The summed E-state index contributed by atoms with van der Waals surface area (Å²) in [6.07, 6.45) is 14.3. The minimum atomic E-state index is -0.796. The summed E-state index contributed by atoms with van der Waals surface area (Å²) in [6, 6.07) is 0. The molecule has 0 radical (unpaired) electrons. The van der Waals surface area contributed by atoms with Gasteiger partial charge in [-0.3, -0.25) is 9.59 Å². The van der Waals surface area contributed by atoms with Crippen molar-refractivity contribution in [3.8, 4) is 0 Å². The van der Waals surface area contributed by atoms with E-state index in [1.54, 1.807) is 12.2 Å². The average molecular weight is 306 g/mol. The second-order valence-electron chi connectivity index (χ2n) is 5.65. The zero-order valence-electron chi connectivity index (χ0n) is 13.1. The summed E-state index contributed by atoms with van der Waals surface area (Å²) in [5.74, 6) is -0.786. The van der Waals surface area contributed by atoms with Crippen LogP contribution in [0, 0.1) is 11.8 Å². The van der Waals surface area contributed by atoms with Crippen molar-refractivity contribution in [3.05, 3.63) is 36.5 Å². The molecule has 0 saturated carbocycles. The van der Waals surface area contributed by atoms with Crippen LogP contribution in [0.2, 0.25) is 0 Å². The van der Waals surface area contributed by atoms with Crippen LogP contribution < -0.4 is 0 Å². The molecule has 0 aromatic heterocycles. The molecule has 0 saturated heterocycles. The number of carboxylic acid groups (broad SMARTS) is 1. The van der Waals surface area contributed by atoms with Gasteiger partial charge < -0.3 is 10.2 Å². The number of aliphatic carboxylic acids is 1. The van der Waals surface area contributed by atoms with Crippen LogP contribution in [0.15, 0.2) is 36.5 Å². The first-order valence-corrected chi connectivity index (χ1v) is 7.99. The highest BCUT2D eigenvalue weighted by Gasteiger charge is 2.27. The summed E-state index contributed by atoms with van der Waals surface area (Å²) in [7, 11) is 0. The maximum absolute atomic E-state index is 11.9. The minimum absolute atomic E-state index is 0.0159. The number of carboxylic acids is 1. The Morgan fingerprint density at radius 2 is 2.14 bits per heavy atom. The Morgan fingerprint density at radius 1 is 1.36 bits per heavy atom. The maximum atomic E-state index is 11.9. The van der Waals surface area contributed by atoms with Gasteiger partial charge in [0, 0.05) is 18.3 Å². The standard InChI is InChI=1S/C18H26O4/c1-2-3-4-7-15(19)12-10-14-11-13-17(20)16(14)8-5-6-9-18(21)22/h3-4,10-16,19H,2,5-9H2,1H3,(H,21,22)/b4-3-,12-10+/t14-,15-,16-/m0/s1. The van der Waals surface area contributed by atoms with Gasteiger partial charge in [-0.15, -0.1) is 0 Å². The Hall–Kier alpha value is -1.68. The van der Waals surface area contributed by atoms with E-state index < -0.39 is 12.1 Å². The summed E-state index contributed by atoms with van der Waals surface area (Å²) in [5.41, 5.74) is 0. The van der Waals surface area contributed by atoms with Gasteiger partial charge in [-0.25, -0.2) is 0 Å². The van der Waals surface area contributed by atoms with E-state index in [2.05, 4.69) is 0 Å². The number of aliphatic hydroxyl groups excluding tert-OH is 1. The highest BCUT2D eigenvalue weighted by Crippen LogP contribution is 2.28. The molecule has 0 amide bonds. The van der Waals surface area contributed by atoms with Crippen LogP contribution in [-0.4, -0.2) is 28.1 Å². The van der Waals surface area contributed by atoms with E-state index in [0.29, 0.717) is 19.3 Å². The van der Waals surface area contributed by atoms with Gasteiger partial charge >= 0.3 is 5.97 Å². The number of allylic oxidation sites excluding steroid dienone is 4. The van der Waals surface area contributed by atoms with Gasteiger partial charge in [-0.1, -0.05) is 43.7 Å². The molecule has 122 valence electrons. The molecule has 1 aliphatic carbocycles. The summed E-state index contributed by atoms with van der Waals surface area (Å²) in [5, 5.41) is 18.5. The number of aliphatic hydroxyl groups is 1. The molecule has 0 aromatic carbocycles. The first-order valence-electron chi connectivity index (χ1n) is 7.99. The normalized spacial score (nSPS) is 22.9. The van der Waals surface area contributed by atoms with E-state index in [9.17, 15) is 14.7 Å². The van der Waals surface area contributed by atoms with Crippen LogP contribution in [0.25, 0.3) is 0 Å². The highest BCUT2D eigenvalue weighted by molar-refractivity contribution is 5.94. The fraction of sp³-hybridized carbons (Fsp3) is 0.556. The van der Waals surface area contributed by atoms with Gasteiger partial charge in [0.05, 0.1) is 6.10 Å². The number of hydrogen-bond acceptors (Lipinski definition) is 3. The molecule has 2 N–H and O–H groups in total. The van der Waals surface area contributed by atoms with Gasteiger partial charge in [-0.2, -0.15) is 0 Å². The second-order valence-corrected chi connectivity index (χ2v) is 5.65. The van der Waals surface area contributed by atoms with Crippen molar-refractivity contribution in [3.63, 3.8) is 0 Å². The Morgan fingerprint density at radius 3 is 2.82 bits per heavy atom. The van der Waals surface area contributed by atoms with Gasteiger partial charge in [0.15, 0.2) is 5.78 Å². The Balaban J connectivity index is 2.43. The summed E-state index contributed by atoms with van der Waals surface area (Å²) < 4.78 is 0. The summed E-state index contributed by atoms with van der Waals surface area (Å²) in [6.45, 7) is 2.04.